The summed E-state index contributed by atoms with van der Waals surface area (Å²) >= 11 is 0. The maximum absolute atomic E-state index is 9.73. The molecule has 2 fully saturated rings. The van der Waals surface area contributed by atoms with Crippen molar-refractivity contribution in [1.29, 1.82) is 5.26 Å². The molecule has 17 heavy (non-hydrogen) atoms. The highest BCUT2D eigenvalue weighted by Crippen LogP contribution is 2.33. The van der Waals surface area contributed by atoms with Crippen molar-refractivity contribution >= 4 is 0 Å². The quantitative estimate of drug-likeness (QED) is 0.759. The van der Waals surface area contributed by atoms with Crippen molar-refractivity contribution in [3.8, 4) is 6.07 Å². The first-order chi connectivity index (χ1) is 8.23. The molecule has 1 N–H and O–H groups in total. The lowest BCUT2D eigenvalue weighted by Crippen LogP contribution is -2.63. The monoisotopic (exact) mass is 236 g/mol. The van der Waals surface area contributed by atoms with E-state index in [9.17, 15) is 5.26 Å². The molecule has 0 aromatic carbocycles. The molecule has 2 unspecified atom stereocenters. The first kappa shape index (κ1) is 12.8. The molecule has 0 aliphatic carbocycles. The second-order valence-electron chi connectivity index (χ2n) is 5.39. The SMILES string of the molecule is CCC1CNCCC1(C#N)N1CCN(C)CC1. The lowest BCUT2D eigenvalue weighted by Gasteiger charge is -2.49. The Balaban J connectivity index is 2.14. The van der Waals surface area contributed by atoms with E-state index in [4.69, 9.17) is 0 Å². The standard InChI is InChI=1S/C13H24N4/c1-3-12-10-15-5-4-13(12,11-14)17-8-6-16(2)7-9-17/h12,15H,3-10H2,1-2H3. The maximum Gasteiger partial charge on any atom is 0.114 e. The maximum atomic E-state index is 9.73. The predicted octanol–water partition coefficient (Wildman–Crippen LogP) is 0.516. The lowest BCUT2D eigenvalue weighted by atomic mass is 9.76. The van der Waals surface area contributed by atoms with Crippen LogP contribution in [0.5, 0.6) is 0 Å². The molecule has 0 spiro atoms. The van der Waals surface area contributed by atoms with Gasteiger partial charge in [-0.05, 0) is 26.4 Å². The molecular formula is C13H24N4. The second kappa shape index (κ2) is 5.34. The summed E-state index contributed by atoms with van der Waals surface area (Å²) in [7, 11) is 2.16. The first-order valence-corrected chi connectivity index (χ1v) is 6.78. The van der Waals surface area contributed by atoms with Gasteiger partial charge in [-0.1, -0.05) is 6.92 Å². The Bertz CT molecular complexity index is 290. The van der Waals surface area contributed by atoms with Crippen LogP contribution in [0, 0.1) is 17.2 Å². The van der Waals surface area contributed by atoms with Gasteiger partial charge >= 0.3 is 0 Å². The number of likely N-dealkylation sites (N-methyl/N-ethyl adjacent to an activating group) is 1. The second-order valence-corrected chi connectivity index (χ2v) is 5.39. The summed E-state index contributed by atoms with van der Waals surface area (Å²) in [6, 6.07) is 2.67. The van der Waals surface area contributed by atoms with E-state index in [1.165, 1.54) is 0 Å². The number of nitrogens with one attached hydrogen (secondary N) is 1. The van der Waals surface area contributed by atoms with Crippen molar-refractivity contribution in [2.45, 2.75) is 25.3 Å². The van der Waals surface area contributed by atoms with Crippen LogP contribution in [-0.2, 0) is 0 Å². The van der Waals surface area contributed by atoms with Crippen molar-refractivity contribution < 1.29 is 0 Å². The Kier molecular flexibility index (Phi) is 4.03. The predicted molar refractivity (Wildman–Crippen MR) is 68.7 cm³/mol. The number of nitriles is 1. The van der Waals surface area contributed by atoms with Crippen LogP contribution in [0.15, 0.2) is 0 Å². The molecule has 96 valence electrons. The van der Waals surface area contributed by atoms with Gasteiger partial charge in [0.25, 0.3) is 0 Å². The van der Waals surface area contributed by atoms with Crippen LogP contribution in [-0.4, -0.2) is 61.7 Å². The van der Waals surface area contributed by atoms with Crippen LogP contribution < -0.4 is 5.32 Å². The summed E-state index contributed by atoms with van der Waals surface area (Å²) in [5, 5.41) is 13.2. The van der Waals surface area contributed by atoms with E-state index >= 15 is 0 Å². The van der Waals surface area contributed by atoms with E-state index in [0.717, 1.165) is 52.1 Å². The summed E-state index contributed by atoms with van der Waals surface area (Å²) in [5.74, 6) is 0.477. The molecule has 0 radical (unpaired) electrons. The topological polar surface area (TPSA) is 42.3 Å². The third kappa shape index (κ3) is 2.33. The fourth-order valence-electron chi connectivity index (χ4n) is 3.25. The number of hydrogen-bond acceptors (Lipinski definition) is 4. The molecule has 0 saturated carbocycles. The van der Waals surface area contributed by atoms with E-state index in [-0.39, 0.29) is 5.54 Å². The van der Waals surface area contributed by atoms with Gasteiger partial charge in [0.2, 0.25) is 0 Å². The number of nitrogens with zero attached hydrogens (tertiary/aromatic N) is 3. The number of piperazine rings is 1. The minimum absolute atomic E-state index is 0.207. The van der Waals surface area contributed by atoms with Crippen molar-refractivity contribution in [1.82, 2.24) is 15.1 Å². The molecule has 2 aliphatic rings. The summed E-state index contributed by atoms with van der Waals surface area (Å²) in [4.78, 5) is 4.80. The highest BCUT2D eigenvalue weighted by molar-refractivity contribution is 5.15. The molecule has 0 aromatic rings. The van der Waals surface area contributed by atoms with E-state index in [1.807, 2.05) is 0 Å². The normalized spacial score (nSPS) is 36.6. The molecule has 2 saturated heterocycles. The third-order valence-corrected chi connectivity index (χ3v) is 4.50. The van der Waals surface area contributed by atoms with Crippen molar-refractivity contribution in [3.05, 3.63) is 0 Å². The van der Waals surface area contributed by atoms with Gasteiger partial charge in [-0.15, -0.1) is 0 Å². The van der Waals surface area contributed by atoms with E-state index < -0.39 is 0 Å². The van der Waals surface area contributed by atoms with E-state index in [2.05, 4.69) is 35.2 Å². The smallest absolute Gasteiger partial charge is 0.114 e. The van der Waals surface area contributed by atoms with Crippen molar-refractivity contribution in [2.75, 3.05) is 46.3 Å². The van der Waals surface area contributed by atoms with Gasteiger partial charge in [0.15, 0.2) is 0 Å². The van der Waals surface area contributed by atoms with Crippen molar-refractivity contribution in [3.63, 3.8) is 0 Å². The summed E-state index contributed by atoms with van der Waals surface area (Å²) in [5.41, 5.74) is -0.207. The van der Waals surface area contributed by atoms with E-state index in [0.29, 0.717) is 5.92 Å². The average molecular weight is 236 g/mol. The van der Waals surface area contributed by atoms with Crippen LogP contribution in [0.2, 0.25) is 0 Å². The third-order valence-electron chi connectivity index (χ3n) is 4.50. The zero-order chi connectivity index (χ0) is 12.3. The van der Waals surface area contributed by atoms with Gasteiger partial charge in [-0.3, -0.25) is 4.90 Å². The molecule has 4 heteroatoms. The van der Waals surface area contributed by atoms with Crippen LogP contribution in [0.1, 0.15) is 19.8 Å². The van der Waals surface area contributed by atoms with Crippen LogP contribution in [0.4, 0.5) is 0 Å². The van der Waals surface area contributed by atoms with E-state index in [1.54, 1.807) is 0 Å². The van der Waals surface area contributed by atoms with Crippen molar-refractivity contribution in [2.24, 2.45) is 5.92 Å². The zero-order valence-electron chi connectivity index (χ0n) is 11.1. The molecule has 2 atom stereocenters. The van der Waals surface area contributed by atoms with Gasteiger partial charge in [0.1, 0.15) is 5.54 Å². The minimum atomic E-state index is -0.207. The fourth-order valence-corrected chi connectivity index (χ4v) is 3.25. The molecule has 0 bridgehead atoms. The Morgan fingerprint density at radius 2 is 2.06 bits per heavy atom. The molecule has 2 heterocycles. The molecule has 0 amide bonds. The fraction of sp³-hybridized carbons (Fsp3) is 0.923. The van der Waals surface area contributed by atoms with Crippen LogP contribution in [0.3, 0.4) is 0 Å². The number of piperidine rings is 1. The Labute approximate surface area is 105 Å². The van der Waals surface area contributed by atoms with Crippen LogP contribution >= 0.6 is 0 Å². The average Bonchev–Trinajstić information content (AvgIpc) is 2.39. The summed E-state index contributed by atoms with van der Waals surface area (Å²) < 4.78 is 0. The zero-order valence-corrected chi connectivity index (χ0v) is 11.1. The highest BCUT2D eigenvalue weighted by Gasteiger charge is 2.45. The van der Waals surface area contributed by atoms with Crippen LogP contribution in [0.25, 0.3) is 0 Å². The molecular weight excluding hydrogens is 212 g/mol. The van der Waals surface area contributed by atoms with Gasteiger partial charge in [0, 0.05) is 38.6 Å². The molecule has 2 rings (SSSR count). The first-order valence-electron chi connectivity index (χ1n) is 6.78. The highest BCUT2D eigenvalue weighted by atomic mass is 15.3. The number of rotatable bonds is 2. The Morgan fingerprint density at radius 3 is 2.65 bits per heavy atom. The van der Waals surface area contributed by atoms with Gasteiger partial charge in [-0.25, -0.2) is 0 Å². The minimum Gasteiger partial charge on any atom is -0.316 e. The Hall–Kier alpha value is -0.630. The largest absolute Gasteiger partial charge is 0.316 e. The summed E-state index contributed by atoms with van der Waals surface area (Å²) in [6.45, 7) is 8.45. The molecule has 2 aliphatic heterocycles. The molecule has 0 aromatic heterocycles. The number of hydrogen-bond donors (Lipinski definition) is 1. The van der Waals surface area contributed by atoms with Gasteiger partial charge in [-0.2, -0.15) is 5.26 Å². The lowest BCUT2D eigenvalue weighted by molar-refractivity contribution is 0.0166. The summed E-state index contributed by atoms with van der Waals surface area (Å²) in [6.07, 6.45) is 2.07. The van der Waals surface area contributed by atoms with Gasteiger partial charge < -0.3 is 10.2 Å². The van der Waals surface area contributed by atoms with Gasteiger partial charge in [0.05, 0.1) is 6.07 Å². The Morgan fingerprint density at radius 1 is 1.35 bits per heavy atom. The molecule has 4 nitrogen and oxygen atoms in total.